The Kier molecular flexibility index (Phi) is 9.21. The van der Waals surface area contributed by atoms with E-state index in [1.54, 1.807) is 35.4 Å². The molecule has 29 heavy (non-hydrogen) atoms. The molecule has 1 heterocycles. The number of hydrogen-bond acceptors (Lipinski definition) is 3. The van der Waals surface area contributed by atoms with Gasteiger partial charge in [0.15, 0.2) is 0 Å². The van der Waals surface area contributed by atoms with E-state index in [9.17, 15) is 14.0 Å². The molecule has 0 atom stereocenters. The number of benzene rings is 1. The lowest BCUT2D eigenvalue weighted by Gasteiger charge is -2.27. The number of hydrogen-bond donors (Lipinski definition) is 1. The molecule has 3 amide bonds. The average molecular weight is 403 g/mol. The molecule has 6 nitrogen and oxygen atoms in total. The number of unbranched alkanes of at least 4 members (excludes halogenated alkanes) is 1. The summed E-state index contributed by atoms with van der Waals surface area (Å²) in [6.45, 7) is 5.67. The standard InChI is InChI=1S/C22H30FN3O3/c1-3-5-12-24-22(28)25(13-4-2)17-21(27)26(16-20-7-6-14-29-20)15-18-8-10-19(23)11-9-18/h6-11,14H,3-5,12-13,15-17H2,1-2H3,(H,24,28). The molecule has 0 saturated heterocycles. The molecule has 7 heteroatoms. The van der Waals surface area contributed by atoms with E-state index in [-0.39, 0.29) is 30.8 Å². The summed E-state index contributed by atoms with van der Waals surface area (Å²) in [6.07, 6.45) is 4.20. The first kappa shape index (κ1) is 22.5. The van der Waals surface area contributed by atoms with Crippen LogP contribution < -0.4 is 5.32 Å². The molecular formula is C22H30FN3O3. The van der Waals surface area contributed by atoms with Gasteiger partial charge in [0.1, 0.15) is 18.1 Å². The van der Waals surface area contributed by atoms with Crippen LogP contribution >= 0.6 is 0 Å². The highest BCUT2D eigenvalue weighted by Crippen LogP contribution is 2.12. The molecule has 1 N–H and O–H groups in total. The molecule has 0 fully saturated rings. The van der Waals surface area contributed by atoms with Crippen LogP contribution in [-0.4, -0.2) is 41.4 Å². The van der Waals surface area contributed by atoms with Gasteiger partial charge in [-0.25, -0.2) is 9.18 Å². The van der Waals surface area contributed by atoms with Crippen molar-refractivity contribution in [3.63, 3.8) is 0 Å². The van der Waals surface area contributed by atoms with Crippen molar-refractivity contribution in [1.82, 2.24) is 15.1 Å². The lowest BCUT2D eigenvalue weighted by Crippen LogP contribution is -2.47. The Bertz CT molecular complexity index is 747. The quantitative estimate of drug-likeness (QED) is 0.573. The molecule has 0 unspecified atom stereocenters. The highest BCUT2D eigenvalue weighted by Gasteiger charge is 2.22. The Morgan fingerprint density at radius 1 is 1.03 bits per heavy atom. The second-order valence-electron chi connectivity index (χ2n) is 6.96. The van der Waals surface area contributed by atoms with Crippen LogP contribution in [0, 0.1) is 5.82 Å². The summed E-state index contributed by atoms with van der Waals surface area (Å²) in [6, 6.07) is 9.38. The SMILES string of the molecule is CCCCNC(=O)N(CCC)CC(=O)N(Cc1ccc(F)cc1)Cc1ccco1. The molecular weight excluding hydrogens is 373 g/mol. The first-order valence-electron chi connectivity index (χ1n) is 10.1. The van der Waals surface area contributed by atoms with Crippen molar-refractivity contribution >= 4 is 11.9 Å². The van der Waals surface area contributed by atoms with Crippen LogP contribution in [0.3, 0.4) is 0 Å². The van der Waals surface area contributed by atoms with E-state index in [1.165, 1.54) is 17.0 Å². The first-order chi connectivity index (χ1) is 14.0. The first-order valence-corrected chi connectivity index (χ1v) is 10.1. The van der Waals surface area contributed by atoms with Gasteiger partial charge in [0, 0.05) is 19.6 Å². The maximum absolute atomic E-state index is 13.2. The molecule has 0 saturated carbocycles. The van der Waals surface area contributed by atoms with Crippen molar-refractivity contribution in [2.45, 2.75) is 46.2 Å². The molecule has 2 aromatic rings. The van der Waals surface area contributed by atoms with Gasteiger partial charge in [0.05, 0.1) is 12.8 Å². The Morgan fingerprint density at radius 2 is 1.79 bits per heavy atom. The topological polar surface area (TPSA) is 65.8 Å². The van der Waals surface area contributed by atoms with Crippen LogP contribution in [0.2, 0.25) is 0 Å². The lowest BCUT2D eigenvalue weighted by molar-refractivity contribution is -0.133. The third-order valence-electron chi connectivity index (χ3n) is 4.48. The maximum Gasteiger partial charge on any atom is 0.317 e. The third kappa shape index (κ3) is 7.60. The molecule has 158 valence electrons. The van der Waals surface area contributed by atoms with Gasteiger partial charge in [0.2, 0.25) is 5.91 Å². The van der Waals surface area contributed by atoms with Gasteiger partial charge in [-0.3, -0.25) is 4.79 Å². The Morgan fingerprint density at radius 3 is 2.41 bits per heavy atom. The minimum absolute atomic E-state index is 0.0201. The average Bonchev–Trinajstić information content (AvgIpc) is 3.22. The van der Waals surface area contributed by atoms with Crippen molar-refractivity contribution < 1.29 is 18.4 Å². The predicted molar refractivity (Wildman–Crippen MR) is 110 cm³/mol. The number of carbonyl (C=O) groups excluding carboxylic acids is 2. The zero-order chi connectivity index (χ0) is 21.1. The summed E-state index contributed by atoms with van der Waals surface area (Å²) in [7, 11) is 0. The van der Waals surface area contributed by atoms with Crippen molar-refractivity contribution in [3.05, 3.63) is 59.8 Å². The third-order valence-corrected chi connectivity index (χ3v) is 4.48. The van der Waals surface area contributed by atoms with Crippen molar-refractivity contribution in [3.8, 4) is 0 Å². The molecule has 0 radical (unpaired) electrons. The summed E-state index contributed by atoms with van der Waals surface area (Å²) in [4.78, 5) is 28.7. The summed E-state index contributed by atoms with van der Waals surface area (Å²) in [5.41, 5.74) is 0.806. The fourth-order valence-electron chi connectivity index (χ4n) is 2.90. The van der Waals surface area contributed by atoms with Gasteiger partial charge in [-0.15, -0.1) is 0 Å². The molecule has 0 aliphatic carbocycles. The van der Waals surface area contributed by atoms with Gasteiger partial charge in [-0.2, -0.15) is 0 Å². The summed E-state index contributed by atoms with van der Waals surface area (Å²) in [5, 5.41) is 2.87. The van der Waals surface area contributed by atoms with E-state index in [0.29, 0.717) is 25.4 Å². The number of halogens is 1. The van der Waals surface area contributed by atoms with Crippen LogP contribution in [0.1, 0.15) is 44.4 Å². The highest BCUT2D eigenvalue weighted by atomic mass is 19.1. The second-order valence-corrected chi connectivity index (χ2v) is 6.96. The summed E-state index contributed by atoms with van der Waals surface area (Å²) in [5.74, 6) is 0.134. The summed E-state index contributed by atoms with van der Waals surface area (Å²) < 4.78 is 18.6. The van der Waals surface area contributed by atoms with E-state index >= 15 is 0 Å². The Balaban J connectivity index is 2.08. The fourth-order valence-corrected chi connectivity index (χ4v) is 2.90. The van der Waals surface area contributed by atoms with Gasteiger partial charge in [-0.1, -0.05) is 32.4 Å². The minimum atomic E-state index is -0.324. The molecule has 1 aromatic carbocycles. The van der Waals surface area contributed by atoms with E-state index in [2.05, 4.69) is 12.2 Å². The van der Waals surface area contributed by atoms with Crippen molar-refractivity contribution in [1.29, 1.82) is 0 Å². The molecule has 0 spiro atoms. The van der Waals surface area contributed by atoms with Gasteiger partial charge in [-0.05, 0) is 42.7 Å². The smallest absolute Gasteiger partial charge is 0.317 e. The minimum Gasteiger partial charge on any atom is -0.467 e. The Hall–Kier alpha value is -2.83. The van der Waals surface area contributed by atoms with Crippen molar-refractivity contribution in [2.24, 2.45) is 0 Å². The largest absolute Gasteiger partial charge is 0.467 e. The molecule has 0 bridgehead atoms. The number of amides is 3. The highest BCUT2D eigenvalue weighted by molar-refractivity contribution is 5.84. The normalized spacial score (nSPS) is 10.6. The lowest BCUT2D eigenvalue weighted by atomic mass is 10.2. The monoisotopic (exact) mass is 403 g/mol. The van der Waals surface area contributed by atoms with E-state index in [1.807, 2.05) is 6.92 Å². The van der Waals surface area contributed by atoms with Gasteiger partial charge in [0.25, 0.3) is 0 Å². The molecule has 0 aliphatic heterocycles. The van der Waals surface area contributed by atoms with Gasteiger partial charge < -0.3 is 19.5 Å². The van der Waals surface area contributed by atoms with E-state index in [4.69, 9.17) is 4.42 Å². The maximum atomic E-state index is 13.2. The number of nitrogens with one attached hydrogen (secondary N) is 1. The number of urea groups is 1. The van der Waals surface area contributed by atoms with Crippen LogP contribution in [0.5, 0.6) is 0 Å². The van der Waals surface area contributed by atoms with E-state index in [0.717, 1.165) is 24.8 Å². The number of furan rings is 1. The van der Waals surface area contributed by atoms with Gasteiger partial charge >= 0.3 is 6.03 Å². The molecule has 0 aliphatic rings. The van der Waals surface area contributed by atoms with E-state index < -0.39 is 0 Å². The van der Waals surface area contributed by atoms with Crippen LogP contribution in [0.15, 0.2) is 47.1 Å². The van der Waals surface area contributed by atoms with Crippen LogP contribution in [0.4, 0.5) is 9.18 Å². The summed E-state index contributed by atoms with van der Waals surface area (Å²) >= 11 is 0. The number of carbonyl (C=O) groups is 2. The fraction of sp³-hybridized carbons (Fsp3) is 0.455. The Labute approximate surface area is 171 Å². The zero-order valence-electron chi connectivity index (χ0n) is 17.2. The predicted octanol–water partition coefficient (Wildman–Crippen LogP) is 4.17. The number of rotatable bonds is 11. The van der Waals surface area contributed by atoms with Crippen LogP contribution in [0.25, 0.3) is 0 Å². The van der Waals surface area contributed by atoms with Crippen LogP contribution in [-0.2, 0) is 17.9 Å². The molecule has 2 rings (SSSR count). The second kappa shape index (κ2) is 11.9. The van der Waals surface area contributed by atoms with Crippen molar-refractivity contribution in [2.75, 3.05) is 19.6 Å². The number of nitrogens with zero attached hydrogens (tertiary/aromatic N) is 2. The zero-order valence-corrected chi connectivity index (χ0v) is 17.2. The molecule has 1 aromatic heterocycles.